The van der Waals surface area contributed by atoms with E-state index in [0.717, 1.165) is 109 Å². The number of fused-ring (bicyclic) bond motifs is 2. The molecule has 6 saturated carbocycles. The Morgan fingerprint density at radius 1 is 0.864 bits per heavy atom. The van der Waals surface area contributed by atoms with Crippen molar-refractivity contribution in [2.75, 3.05) is 20.3 Å². The molecule has 2 spiro atoms. The molecule has 7 fully saturated rings. The maximum atomic E-state index is 13.2. The standard InChI is InChI=1S/C53H78O6/c1-8-11-36-13-10-22-50-28-29-51-41(12-9-2)53(57,59-43(51)31-38-16-14-37(15-17-38)21-30-58-7)33-40-19-18-39(48(50,6)52(40,51)35-54)32-49(23-20-36)42-34-46(4,44(55)56)25-24-45(42,3)26-27-47(49,50)5/h14-17,36,39-43,54,57H,8-9,11-13,18-21,23-35H2,1-7H3,(H,55,56)/t36-,39-,40-,41+,42+,43-,45+,46+,47-,48+,49-,50+,51+,52-,53-/m0/s1. The summed E-state index contributed by atoms with van der Waals surface area (Å²) in [5, 5.41) is 36.7. The van der Waals surface area contributed by atoms with Crippen LogP contribution in [0.1, 0.15) is 168 Å². The molecule has 0 unspecified atom stereocenters. The largest absolute Gasteiger partial charge is 0.481 e. The zero-order valence-electron chi connectivity index (χ0n) is 37.9. The molecule has 1 aliphatic heterocycles. The Bertz CT molecular complexity index is 1850. The molecule has 8 aliphatic rings. The van der Waals surface area contributed by atoms with Crippen LogP contribution in [0.25, 0.3) is 0 Å². The fourth-order valence-electron chi connectivity index (χ4n) is 18.8. The molecule has 59 heavy (non-hydrogen) atoms. The van der Waals surface area contributed by atoms with Crippen LogP contribution in [0.4, 0.5) is 0 Å². The third kappa shape index (κ3) is 5.23. The minimum Gasteiger partial charge on any atom is -0.481 e. The molecule has 1 aromatic rings. The number of carbonyl (C=O) groups is 1. The van der Waals surface area contributed by atoms with Gasteiger partial charge in [0.1, 0.15) is 0 Å². The Hall–Kier alpha value is -1.91. The smallest absolute Gasteiger partial charge is 0.309 e. The van der Waals surface area contributed by atoms with Crippen molar-refractivity contribution in [2.45, 2.75) is 182 Å². The second-order valence-electron chi connectivity index (χ2n) is 23.2. The Balaban J connectivity index is 1.26. The highest BCUT2D eigenvalue weighted by atomic mass is 16.6. The molecule has 6 heteroatoms. The minimum atomic E-state index is -1.20. The van der Waals surface area contributed by atoms with Gasteiger partial charge in [0.15, 0.2) is 5.79 Å². The van der Waals surface area contributed by atoms with Crippen molar-refractivity contribution in [2.24, 2.45) is 72.9 Å². The van der Waals surface area contributed by atoms with E-state index in [1.807, 2.05) is 0 Å². The normalized spacial score (nSPS) is 50.5. The third-order valence-corrected chi connectivity index (χ3v) is 21.6. The van der Waals surface area contributed by atoms with Crippen LogP contribution in [0, 0.1) is 84.8 Å². The van der Waals surface area contributed by atoms with Crippen LogP contribution in [0.15, 0.2) is 24.3 Å². The van der Waals surface area contributed by atoms with Gasteiger partial charge in [-0.3, -0.25) is 4.79 Å². The van der Waals surface area contributed by atoms with E-state index in [0.29, 0.717) is 30.8 Å². The van der Waals surface area contributed by atoms with Crippen LogP contribution in [-0.4, -0.2) is 53.5 Å². The van der Waals surface area contributed by atoms with Gasteiger partial charge in [-0.05, 0) is 166 Å². The van der Waals surface area contributed by atoms with Gasteiger partial charge in [0.25, 0.3) is 0 Å². The van der Waals surface area contributed by atoms with Crippen molar-refractivity contribution in [1.29, 1.82) is 0 Å². The summed E-state index contributed by atoms with van der Waals surface area (Å²) in [4.78, 5) is 13.2. The average Bonchev–Trinajstić information content (AvgIpc) is 3.38. The first-order valence-corrected chi connectivity index (χ1v) is 24.4. The summed E-state index contributed by atoms with van der Waals surface area (Å²) in [6, 6.07) is 9.01. The number of benzene rings is 1. The number of carboxylic acids is 1. The first-order valence-electron chi connectivity index (χ1n) is 24.4. The second-order valence-corrected chi connectivity index (χ2v) is 23.2. The number of hydrogen-bond donors (Lipinski definition) is 3. The lowest BCUT2D eigenvalue weighted by molar-refractivity contribution is -0.380. The third-order valence-electron chi connectivity index (χ3n) is 21.6. The molecular weight excluding hydrogens is 733 g/mol. The van der Waals surface area contributed by atoms with Crippen LogP contribution in [0.3, 0.4) is 0 Å². The molecule has 15 atom stereocenters. The highest BCUT2D eigenvalue weighted by Gasteiger charge is 2.89. The summed E-state index contributed by atoms with van der Waals surface area (Å²) in [7, 11) is 1.76. The lowest BCUT2D eigenvalue weighted by Crippen LogP contribution is -2.82. The van der Waals surface area contributed by atoms with E-state index in [4.69, 9.17) is 9.47 Å². The Morgan fingerprint density at radius 3 is 2.27 bits per heavy atom. The van der Waals surface area contributed by atoms with Crippen LogP contribution >= 0.6 is 0 Å². The van der Waals surface area contributed by atoms with E-state index in [1.54, 1.807) is 7.11 Å². The van der Waals surface area contributed by atoms with Crippen molar-refractivity contribution in [3.05, 3.63) is 35.4 Å². The van der Waals surface area contributed by atoms with Crippen LogP contribution in [0.2, 0.25) is 0 Å². The summed E-state index contributed by atoms with van der Waals surface area (Å²) in [5.74, 6) is 7.95. The van der Waals surface area contributed by atoms with Crippen LogP contribution in [0.5, 0.6) is 0 Å². The summed E-state index contributed by atoms with van der Waals surface area (Å²) >= 11 is 0. The molecule has 326 valence electrons. The molecule has 1 heterocycles. The second kappa shape index (κ2) is 14.3. The molecule has 0 amide bonds. The molecule has 6 nitrogen and oxygen atoms in total. The Kier molecular flexibility index (Phi) is 10.3. The molecule has 9 rings (SSSR count). The maximum Gasteiger partial charge on any atom is 0.309 e. The lowest BCUT2D eigenvalue weighted by atomic mass is 9.18. The number of ether oxygens (including phenoxy) is 2. The summed E-state index contributed by atoms with van der Waals surface area (Å²) < 4.78 is 12.7. The maximum absolute atomic E-state index is 13.2. The highest BCUT2D eigenvalue weighted by molar-refractivity contribution is 5.74. The fourth-order valence-corrected chi connectivity index (χ4v) is 18.8. The van der Waals surface area contributed by atoms with E-state index >= 15 is 0 Å². The predicted octanol–water partition coefficient (Wildman–Crippen LogP) is 10.8. The van der Waals surface area contributed by atoms with Crippen molar-refractivity contribution in [1.82, 2.24) is 0 Å². The van der Waals surface area contributed by atoms with E-state index in [9.17, 15) is 20.1 Å². The summed E-state index contributed by atoms with van der Waals surface area (Å²) in [6.07, 6.45) is 19.3. The number of aliphatic hydroxyl groups excluding tert-OH is 1. The van der Waals surface area contributed by atoms with Gasteiger partial charge in [-0.1, -0.05) is 77.6 Å². The van der Waals surface area contributed by atoms with E-state index in [-0.39, 0.29) is 51.6 Å². The Labute approximate surface area is 356 Å². The Morgan fingerprint density at radius 2 is 1.58 bits per heavy atom. The number of hydrogen-bond acceptors (Lipinski definition) is 5. The van der Waals surface area contributed by atoms with Gasteiger partial charge in [0.05, 0.1) is 24.7 Å². The first kappa shape index (κ1) is 42.4. The summed E-state index contributed by atoms with van der Waals surface area (Å²) in [6.45, 7) is 15.3. The highest BCUT2D eigenvalue weighted by Crippen LogP contribution is 2.91. The SMILES string of the molecule is CCC[C@H]1CC#C[C@@]23CC[C@@]45[C@H](Cc6ccc(CCOC)cc6)O[C@@](O)(C[C@@H]6CC[C@@H](C[C@@]7(CC1)[C@@H]1C[C@](C)(C(=O)O)CC[C@]1(C)CC[C@@]72C)[C@@]3(C)[C@]64CO)[C@@H]5CCC. The molecule has 1 saturated heterocycles. The number of methoxy groups -OCH3 is 1. The molecule has 4 bridgehead atoms. The first-order chi connectivity index (χ1) is 28.1. The monoisotopic (exact) mass is 811 g/mol. The van der Waals surface area contributed by atoms with Crippen molar-refractivity contribution in [3.63, 3.8) is 0 Å². The van der Waals surface area contributed by atoms with Gasteiger partial charge >= 0.3 is 5.97 Å². The zero-order chi connectivity index (χ0) is 41.9. The minimum absolute atomic E-state index is 0.0331. The number of rotatable bonds is 11. The van der Waals surface area contributed by atoms with Crippen molar-refractivity contribution >= 4 is 5.97 Å². The van der Waals surface area contributed by atoms with Gasteiger partial charge in [-0.25, -0.2) is 0 Å². The van der Waals surface area contributed by atoms with E-state index in [1.165, 1.54) is 24.0 Å². The average molecular weight is 811 g/mol. The van der Waals surface area contributed by atoms with E-state index in [2.05, 4.69) is 77.6 Å². The lowest BCUT2D eigenvalue weighted by Gasteiger charge is -2.85. The summed E-state index contributed by atoms with van der Waals surface area (Å²) in [5.41, 5.74) is 0.187. The quantitative estimate of drug-likeness (QED) is 0.193. The van der Waals surface area contributed by atoms with Crippen molar-refractivity contribution in [3.8, 4) is 11.8 Å². The topological polar surface area (TPSA) is 96.2 Å². The molecule has 0 aromatic heterocycles. The van der Waals surface area contributed by atoms with Gasteiger partial charge in [-0.2, -0.15) is 0 Å². The number of aliphatic carboxylic acids is 1. The zero-order valence-corrected chi connectivity index (χ0v) is 37.9. The predicted molar refractivity (Wildman–Crippen MR) is 232 cm³/mol. The van der Waals surface area contributed by atoms with Gasteiger partial charge in [0.2, 0.25) is 0 Å². The molecule has 3 N–H and O–H groups in total. The molecule has 1 aromatic carbocycles. The van der Waals surface area contributed by atoms with Gasteiger partial charge < -0.3 is 24.8 Å². The fraction of sp³-hybridized carbons (Fsp3) is 0.830. The molecular formula is C53H78O6. The molecule has 7 aliphatic carbocycles. The van der Waals surface area contributed by atoms with Crippen LogP contribution in [-0.2, 0) is 27.1 Å². The number of aliphatic hydroxyl groups is 2. The van der Waals surface area contributed by atoms with Crippen LogP contribution < -0.4 is 0 Å². The van der Waals surface area contributed by atoms with Gasteiger partial charge in [0, 0.05) is 42.1 Å². The van der Waals surface area contributed by atoms with E-state index < -0.39 is 28.0 Å². The number of carboxylic acid groups (broad SMARTS) is 1. The molecule has 0 radical (unpaired) electrons. The van der Waals surface area contributed by atoms with Gasteiger partial charge in [-0.15, -0.1) is 5.92 Å². The van der Waals surface area contributed by atoms with Crippen molar-refractivity contribution < 1.29 is 29.6 Å².